The van der Waals surface area contributed by atoms with Crippen molar-refractivity contribution in [2.75, 3.05) is 0 Å². The van der Waals surface area contributed by atoms with Crippen LogP contribution in [0.25, 0.3) is 0 Å². The highest BCUT2D eigenvalue weighted by Gasteiger charge is 2.22. The van der Waals surface area contributed by atoms with Crippen molar-refractivity contribution in [3.05, 3.63) is 41.5 Å². The van der Waals surface area contributed by atoms with Gasteiger partial charge in [-0.05, 0) is 25.5 Å². The van der Waals surface area contributed by atoms with Crippen molar-refractivity contribution >= 4 is 5.91 Å². The van der Waals surface area contributed by atoms with Crippen LogP contribution in [0.15, 0.2) is 18.3 Å². The molecular weight excluding hydrogens is 261 g/mol. The minimum atomic E-state index is -0.607. The summed E-state index contributed by atoms with van der Waals surface area (Å²) in [7, 11) is 0. The summed E-state index contributed by atoms with van der Waals surface area (Å²) in [6, 6.07) is 2.30. The minimum Gasteiger partial charge on any atom is -0.342 e. The molecule has 3 heterocycles. The van der Waals surface area contributed by atoms with E-state index in [1.165, 1.54) is 12.3 Å². The lowest BCUT2D eigenvalue weighted by Crippen LogP contribution is -2.28. The SMILES string of the molecule is CC(NC(=O)c1ccc(F)nc1)c1nnc2n1CCC2. The molecule has 2 aromatic heterocycles. The summed E-state index contributed by atoms with van der Waals surface area (Å²) >= 11 is 0. The average Bonchev–Trinajstić information content (AvgIpc) is 3.01. The number of nitrogens with one attached hydrogen (secondary N) is 1. The van der Waals surface area contributed by atoms with Crippen LogP contribution >= 0.6 is 0 Å². The fourth-order valence-corrected chi connectivity index (χ4v) is 2.35. The maximum absolute atomic E-state index is 12.7. The molecule has 0 spiro atoms. The average molecular weight is 275 g/mol. The lowest BCUT2D eigenvalue weighted by Gasteiger charge is -2.13. The molecule has 6 nitrogen and oxygen atoms in total. The second-order valence-electron chi connectivity index (χ2n) is 4.79. The van der Waals surface area contributed by atoms with Gasteiger partial charge in [-0.1, -0.05) is 0 Å². The van der Waals surface area contributed by atoms with E-state index in [-0.39, 0.29) is 11.9 Å². The molecule has 104 valence electrons. The normalized spacial score (nSPS) is 14.9. The predicted molar refractivity (Wildman–Crippen MR) is 68.4 cm³/mol. The smallest absolute Gasteiger partial charge is 0.253 e. The number of hydrogen-bond donors (Lipinski definition) is 1. The molecule has 0 aromatic carbocycles. The number of aromatic nitrogens is 4. The van der Waals surface area contributed by atoms with Gasteiger partial charge in [0.25, 0.3) is 5.91 Å². The Bertz CT molecular complexity index is 637. The highest BCUT2D eigenvalue weighted by atomic mass is 19.1. The van der Waals surface area contributed by atoms with E-state index in [0.29, 0.717) is 5.56 Å². The van der Waals surface area contributed by atoms with Gasteiger partial charge in [-0.3, -0.25) is 4.79 Å². The van der Waals surface area contributed by atoms with E-state index in [9.17, 15) is 9.18 Å². The highest BCUT2D eigenvalue weighted by molar-refractivity contribution is 5.94. The van der Waals surface area contributed by atoms with E-state index in [2.05, 4.69) is 20.5 Å². The van der Waals surface area contributed by atoms with Crippen LogP contribution in [-0.2, 0) is 13.0 Å². The van der Waals surface area contributed by atoms with Crippen LogP contribution in [0, 0.1) is 5.95 Å². The Hall–Kier alpha value is -2.31. The maximum Gasteiger partial charge on any atom is 0.253 e. The number of halogens is 1. The fraction of sp³-hybridized carbons (Fsp3) is 0.385. The number of fused-ring (bicyclic) bond motifs is 1. The largest absolute Gasteiger partial charge is 0.342 e. The molecular formula is C13H14FN5O. The molecule has 3 rings (SSSR count). The maximum atomic E-state index is 12.7. The zero-order chi connectivity index (χ0) is 14.1. The van der Waals surface area contributed by atoms with Crippen LogP contribution < -0.4 is 5.32 Å². The zero-order valence-electron chi connectivity index (χ0n) is 11.0. The van der Waals surface area contributed by atoms with Crippen molar-refractivity contribution in [3.63, 3.8) is 0 Å². The third-order valence-corrected chi connectivity index (χ3v) is 3.36. The molecule has 1 N–H and O–H groups in total. The molecule has 1 aliphatic rings. The molecule has 1 aliphatic heterocycles. The number of rotatable bonds is 3. The number of carbonyl (C=O) groups is 1. The summed E-state index contributed by atoms with van der Waals surface area (Å²) < 4.78 is 14.8. The van der Waals surface area contributed by atoms with Crippen molar-refractivity contribution < 1.29 is 9.18 Å². The van der Waals surface area contributed by atoms with Crippen LogP contribution in [0.3, 0.4) is 0 Å². The van der Waals surface area contributed by atoms with E-state index in [1.807, 2.05) is 11.5 Å². The van der Waals surface area contributed by atoms with Gasteiger partial charge in [-0.25, -0.2) is 4.98 Å². The van der Waals surface area contributed by atoms with Crippen LogP contribution in [0.5, 0.6) is 0 Å². The van der Waals surface area contributed by atoms with Crippen molar-refractivity contribution in [2.24, 2.45) is 0 Å². The number of amides is 1. The number of nitrogens with zero attached hydrogens (tertiary/aromatic N) is 4. The molecule has 0 radical (unpaired) electrons. The van der Waals surface area contributed by atoms with Crippen molar-refractivity contribution in [1.29, 1.82) is 0 Å². The predicted octanol–water partition coefficient (Wildman–Crippen LogP) is 1.25. The summed E-state index contributed by atoms with van der Waals surface area (Å²) in [4.78, 5) is 15.5. The molecule has 20 heavy (non-hydrogen) atoms. The Labute approximate surface area is 115 Å². The lowest BCUT2D eigenvalue weighted by atomic mass is 10.2. The van der Waals surface area contributed by atoms with E-state index in [0.717, 1.165) is 37.1 Å². The van der Waals surface area contributed by atoms with Gasteiger partial charge < -0.3 is 9.88 Å². The molecule has 0 saturated heterocycles. The van der Waals surface area contributed by atoms with Gasteiger partial charge in [0, 0.05) is 19.2 Å². The summed E-state index contributed by atoms with van der Waals surface area (Å²) in [5.74, 6) is 0.802. The first-order valence-electron chi connectivity index (χ1n) is 6.49. The molecule has 0 fully saturated rings. The quantitative estimate of drug-likeness (QED) is 0.856. The van der Waals surface area contributed by atoms with Crippen LogP contribution in [0.4, 0.5) is 4.39 Å². The lowest BCUT2D eigenvalue weighted by molar-refractivity contribution is 0.0937. The number of aryl methyl sites for hydroxylation is 1. The Morgan fingerprint density at radius 2 is 2.30 bits per heavy atom. The first-order chi connectivity index (χ1) is 9.65. The van der Waals surface area contributed by atoms with Crippen LogP contribution in [0.1, 0.15) is 41.4 Å². The fourth-order valence-electron chi connectivity index (χ4n) is 2.35. The monoisotopic (exact) mass is 275 g/mol. The Balaban J connectivity index is 1.73. The number of hydrogen-bond acceptors (Lipinski definition) is 4. The minimum absolute atomic E-state index is 0.257. The number of carbonyl (C=O) groups excluding carboxylic acids is 1. The molecule has 0 bridgehead atoms. The summed E-state index contributed by atoms with van der Waals surface area (Å²) in [5.41, 5.74) is 0.319. The van der Waals surface area contributed by atoms with E-state index >= 15 is 0 Å². The zero-order valence-corrected chi connectivity index (χ0v) is 11.0. The van der Waals surface area contributed by atoms with Gasteiger partial charge in [-0.15, -0.1) is 10.2 Å². The van der Waals surface area contributed by atoms with Gasteiger partial charge in [0.05, 0.1) is 11.6 Å². The van der Waals surface area contributed by atoms with Crippen LogP contribution in [0.2, 0.25) is 0 Å². The van der Waals surface area contributed by atoms with Gasteiger partial charge in [-0.2, -0.15) is 4.39 Å². The van der Waals surface area contributed by atoms with E-state index in [4.69, 9.17) is 0 Å². The molecule has 1 unspecified atom stereocenters. The first-order valence-corrected chi connectivity index (χ1v) is 6.49. The van der Waals surface area contributed by atoms with Gasteiger partial charge in [0.1, 0.15) is 5.82 Å². The topological polar surface area (TPSA) is 72.7 Å². The second-order valence-corrected chi connectivity index (χ2v) is 4.79. The van der Waals surface area contributed by atoms with E-state index in [1.54, 1.807) is 0 Å². The van der Waals surface area contributed by atoms with Crippen LogP contribution in [-0.4, -0.2) is 25.7 Å². The van der Waals surface area contributed by atoms with Crippen molar-refractivity contribution in [3.8, 4) is 0 Å². The van der Waals surface area contributed by atoms with Crippen molar-refractivity contribution in [2.45, 2.75) is 32.4 Å². The highest BCUT2D eigenvalue weighted by Crippen LogP contribution is 2.19. The molecule has 0 aliphatic carbocycles. The summed E-state index contributed by atoms with van der Waals surface area (Å²) in [6.07, 6.45) is 3.20. The molecule has 2 aromatic rings. The van der Waals surface area contributed by atoms with Gasteiger partial charge in [0.2, 0.25) is 5.95 Å². The molecule has 1 atom stereocenters. The summed E-state index contributed by atoms with van der Waals surface area (Å²) in [6.45, 7) is 2.74. The molecule has 7 heteroatoms. The standard InChI is InChI=1S/C13H14FN5O/c1-8(12-18-17-11-3-2-6-19(11)12)16-13(20)9-4-5-10(14)15-7-9/h4-5,7-8H,2-3,6H2,1H3,(H,16,20). The number of pyridine rings is 1. The molecule has 0 saturated carbocycles. The Morgan fingerprint density at radius 1 is 1.45 bits per heavy atom. The third kappa shape index (κ3) is 2.26. The van der Waals surface area contributed by atoms with Gasteiger partial charge >= 0.3 is 0 Å². The second kappa shape index (κ2) is 4.99. The first kappa shape index (κ1) is 12.7. The third-order valence-electron chi connectivity index (χ3n) is 3.36. The summed E-state index contributed by atoms with van der Waals surface area (Å²) in [5, 5.41) is 11.1. The Morgan fingerprint density at radius 3 is 3.05 bits per heavy atom. The van der Waals surface area contributed by atoms with E-state index < -0.39 is 5.95 Å². The van der Waals surface area contributed by atoms with Crippen molar-refractivity contribution in [1.82, 2.24) is 25.1 Å². The Kier molecular flexibility index (Phi) is 3.17. The van der Waals surface area contributed by atoms with Gasteiger partial charge in [0.15, 0.2) is 5.82 Å². The molecule has 1 amide bonds.